The van der Waals surface area contributed by atoms with Crippen molar-refractivity contribution in [1.82, 2.24) is 0 Å². The lowest BCUT2D eigenvalue weighted by Gasteiger charge is -2.14. The second-order valence-corrected chi connectivity index (χ2v) is 5.06. The summed E-state index contributed by atoms with van der Waals surface area (Å²) in [6, 6.07) is 0. The van der Waals surface area contributed by atoms with Gasteiger partial charge >= 0.3 is 0 Å². The normalized spacial score (nSPS) is 19.9. The molecule has 0 saturated heterocycles. The van der Waals surface area contributed by atoms with Gasteiger partial charge in [-0.25, -0.2) is 0 Å². The van der Waals surface area contributed by atoms with E-state index >= 15 is 0 Å². The second kappa shape index (κ2) is 8.61. The highest BCUT2D eigenvalue weighted by Gasteiger charge is 2.05. The molecule has 1 unspecified atom stereocenters. The Labute approximate surface area is 102 Å². The van der Waals surface area contributed by atoms with Crippen LogP contribution in [0.4, 0.5) is 0 Å². The van der Waals surface area contributed by atoms with E-state index in [1.54, 1.807) is 5.57 Å². The van der Waals surface area contributed by atoms with Crippen LogP contribution in [0.3, 0.4) is 0 Å². The van der Waals surface area contributed by atoms with Crippen LogP contribution in [0.15, 0.2) is 23.8 Å². The van der Waals surface area contributed by atoms with Gasteiger partial charge in [0.05, 0.1) is 0 Å². The van der Waals surface area contributed by atoms with Gasteiger partial charge in [0.15, 0.2) is 0 Å². The lowest BCUT2D eigenvalue weighted by molar-refractivity contribution is 0.599. The van der Waals surface area contributed by atoms with Crippen molar-refractivity contribution in [3.05, 3.63) is 23.8 Å². The van der Waals surface area contributed by atoms with Crippen molar-refractivity contribution < 1.29 is 0 Å². The summed E-state index contributed by atoms with van der Waals surface area (Å²) in [5.74, 6) is 0.813. The summed E-state index contributed by atoms with van der Waals surface area (Å²) in [4.78, 5) is 0. The van der Waals surface area contributed by atoms with Crippen molar-refractivity contribution in [2.24, 2.45) is 5.92 Å². The molecule has 0 spiro atoms. The lowest BCUT2D eigenvalue weighted by atomic mass is 9.92. The third kappa shape index (κ3) is 5.53. The minimum absolute atomic E-state index is 0.813. The van der Waals surface area contributed by atoms with Crippen molar-refractivity contribution in [2.45, 2.75) is 71.6 Å². The maximum atomic E-state index is 2.46. The molecule has 0 aliphatic heterocycles. The quantitative estimate of drug-likeness (QED) is 0.464. The summed E-state index contributed by atoms with van der Waals surface area (Å²) in [5, 5.41) is 0. The number of allylic oxidation sites excluding steroid dienone is 4. The smallest absolute Gasteiger partial charge is 0.0198 e. The van der Waals surface area contributed by atoms with E-state index in [0.29, 0.717) is 0 Å². The summed E-state index contributed by atoms with van der Waals surface area (Å²) in [5.41, 5.74) is 1.58. The van der Waals surface area contributed by atoms with Crippen LogP contribution in [0.5, 0.6) is 0 Å². The highest BCUT2D eigenvalue weighted by atomic mass is 14.1. The van der Waals surface area contributed by atoms with E-state index < -0.39 is 0 Å². The van der Waals surface area contributed by atoms with E-state index in [2.05, 4.69) is 32.1 Å². The number of hydrogen-bond acceptors (Lipinski definition) is 0. The molecule has 92 valence electrons. The Balaban J connectivity index is 2.02. The van der Waals surface area contributed by atoms with Crippen molar-refractivity contribution in [2.75, 3.05) is 0 Å². The van der Waals surface area contributed by atoms with Crippen LogP contribution < -0.4 is 0 Å². The SMILES string of the molecule is CCCCCCCCC1=CCC(CC)C=C1. The second-order valence-electron chi connectivity index (χ2n) is 5.06. The molecule has 16 heavy (non-hydrogen) atoms. The van der Waals surface area contributed by atoms with Crippen LogP contribution in [0, 0.1) is 5.92 Å². The Morgan fingerprint density at radius 2 is 1.81 bits per heavy atom. The molecule has 0 nitrogen and oxygen atoms in total. The van der Waals surface area contributed by atoms with Gasteiger partial charge in [-0.05, 0) is 31.6 Å². The molecule has 0 radical (unpaired) electrons. The Bertz CT molecular complexity index is 222. The van der Waals surface area contributed by atoms with Gasteiger partial charge in [0, 0.05) is 0 Å². The number of hydrogen-bond donors (Lipinski definition) is 0. The van der Waals surface area contributed by atoms with Crippen molar-refractivity contribution in [1.29, 1.82) is 0 Å². The predicted octanol–water partition coefficient (Wildman–Crippen LogP) is 5.65. The number of rotatable bonds is 8. The van der Waals surface area contributed by atoms with Crippen molar-refractivity contribution >= 4 is 0 Å². The first kappa shape index (κ1) is 13.5. The van der Waals surface area contributed by atoms with E-state index in [4.69, 9.17) is 0 Å². The molecule has 0 fully saturated rings. The molecule has 1 aliphatic carbocycles. The first-order chi connectivity index (χ1) is 7.86. The molecular formula is C16H28. The molecule has 0 aromatic rings. The summed E-state index contributed by atoms with van der Waals surface area (Å²) < 4.78 is 0. The molecular weight excluding hydrogens is 192 g/mol. The van der Waals surface area contributed by atoms with Crippen LogP contribution in [0.25, 0.3) is 0 Å². The molecule has 0 saturated carbocycles. The molecule has 0 N–H and O–H groups in total. The zero-order valence-electron chi connectivity index (χ0n) is 11.2. The summed E-state index contributed by atoms with van der Waals surface area (Å²) in [6.45, 7) is 4.56. The standard InChI is InChI=1S/C16H28/c1-3-5-6-7-8-9-10-16-13-11-15(4-2)12-14-16/h11,13-15H,3-10,12H2,1-2H3. The average Bonchev–Trinajstić information content (AvgIpc) is 2.34. The maximum absolute atomic E-state index is 2.46. The van der Waals surface area contributed by atoms with Crippen LogP contribution in [0.2, 0.25) is 0 Å². The third-order valence-electron chi connectivity index (χ3n) is 3.61. The van der Waals surface area contributed by atoms with Gasteiger partial charge in [0.2, 0.25) is 0 Å². The zero-order valence-corrected chi connectivity index (χ0v) is 11.2. The van der Waals surface area contributed by atoms with Gasteiger partial charge in [0.1, 0.15) is 0 Å². The molecule has 1 aliphatic rings. The first-order valence-electron chi connectivity index (χ1n) is 7.24. The minimum Gasteiger partial charge on any atom is -0.0809 e. The number of unbranched alkanes of at least 4 members (excludes halogenated alkanes) is 5. The van der Waals surface area contributed by atoms with Crippen LogP contribution >= 0.6 is 0 Å². The molecule has 0 aromatic heterocycles. The fraction of sp³-hybridized carbons (Fsp3) is 0.750. The summed E-state index contributed by atoms with van der Waals surface area (Å²) in [6.07, 6.45) is 19.5. The van der Waals surface area contributed by atoms with Gasteiger partial charge in [-0.1, -0.05) is 69.8 Å². The Hall–Kier alpha value is -0.520. The fourth-order valence-corrected chi connectivity index (χ4v) is 2.31. The van der Waals surface area contributed by atoms with Crippen molar-refractivity contribution in [3.63, 3.8) is 0 Å². The average molecular weight is 220 g/mol. The van der Waals surface area contributed by atoms with Crippen LogP contribution in [0.1, 0.15) is 71.6 Å². The van der Waals surface area contributed by atoms with E-state index in [1.807, 2.05) is 0 Å². The molecule has 0 aromatic carbocycles. The van der Waals surface area contributed by atoms with Crippen LogP contribution in [-0.4, -0.2) is 0 Å². The van der Waals surface area contributed by atoms with E-state index in [9.17, 15) is 0 Å². The largest absolute Gasteiger partial charge is 0.0809 e. The Kier molecular flexibility index (Phi) is 7.29. The van der Waals surface area contributed by atoms with Gasteiger partial charge in [-0.3, -0.25) is 0 Å². The summed E-state index contributed by atoms with van der Waals surface area (Å²) in [7, 11) is 0. The van der Waals surface area contributed by atoms with Gasteiger partial charge in [0.25, 0.3) is 0 Å². The lowest BCUT2D eigenvalue weighted by Crippen LogP contribution is -1.98. The maximum Gasteiger partial charge on any atom is -0.0198 e. The van der Waals surface area contributed by atoms with Crippen molar-refractivity contribution in [3.8, 4) is 0 Å². The first-order valence-corrected chi connectivity index (χ1v) is 7.24. The van der Waals surface area contributed by atoms with Gasteiger partial charge < -0.3 is 0 Å². The third-order valence-corrected chi connectivity index (χ3v) is 3.61. The molecule has 1 rings (SSSR count). The fourth-order valence-electron chi connectivity index (χ4n) is 2.31. The monoisotopic (exact) mass is 220 g/mol. The highest BCUT2D eigenvalue weighted by Crippen LogP contribution is 2.22. The molecule has 0 bridgehead atoms. The molecule has 1 atom stereocenters. The Morgan fingerprint density at radius 1 is 1.06 bits per heavy atom. The Morgan fingerprint density at radius 3 is 2.44 bits per heavy atom. The topological polar surface area (TPSA) is 0 Å². The van der Waals surface area contributed by atoms with E-state index in [-0.39, 0.29) is 0 Å². The molecule has 0 heterocycles. The van der Waals surface area contributed by atoms with Crippen LogP contribution in [-0.2, 0) is 0 Å². The predicted molar refractivity (Wildman–Crippen MR) is 73.6 cm³/mol. The minimum atomic E-state index is 0.813. The van der Waals surface area contributed by atoms with E-state index in [1.165, 1.54) is 57.8 Å². The highest BCUT2D eigenvalue weighted by molar-refractivity contribution is 5.23. The zero-order chi connectivity index (χ0) is 11.6. The van der Waals surface area contributed by atoms with Gasteiger partial charge in [-0.15, -0.1) is 0 Å². The molecule has 0 amide bonds. The van der Waals surface area contributed by atoms with E-state index in [0.717, 1.165) is 5.92 Å². The molecule has 0 heteroatoms. The van der Waals surface area contributed by atoms with Gasteiger partial charge in [-0.2, -0.15) is 0 Å². The summed E-state index contributed by atoms with van der Waals surface area (Å²) >= 11 is 0.